The van der Waals surface area contributed by atoms with Crippen LogP contribution in [0.4, 0.5) is 9.52 Å². The van der Waals surface area contributed by atoms with Crippen LogP contribution in [0.15, 0.2) is 47.4 Å². The molecule has 0 atom stereocenters. The second-order valence-corrected chi connectivity index (χ2v) is 10.3. The van der Waals surface area contributed by atoms with E-state index in [4.69, 9.17) is 4.74 Å². The van der Waals surface area contributed by atoms with Gasteiger partial charge >= 0.3 is 0 Å². The van der Waals surface area contributed by atoms with Crippen molar-refractivity contribution in [2.45, 2.75) is 4.90 Å². The predicted octanol–water partition coefficient (Wildman–Crippen LogP) is 2.82. The first kappa shape index (κ1) is 21.8. The quantitative estimate of drug-likeness (QED) is 0.559. The Kier molecular flexibility index (Phi) is 6.33. The summed E-state index contributed by atoms with van der Waals surface area (Å²) in [4.78, 5) is 21.7. The second kappa shape index (κ2) is 8.99. The van der Waals surface area contributed by atoms with Gasteiger partial charge < -0.3 is 4.74 Å². The van der Waals surface area contributed by atoms with E-state index in [0.717, 1.165) is 19.3 Å². The van der Waals surface area contributed by atoms with Crippen molar-refractivity contribution >= 4 is 42.4 Å². The number of benzene rings is 2. The molecule has 1 saturated heterocycles. The van der Waals surface area contributed by atoms with Crippen molar-refractivity contribution in [3.8, 4) is 0 Å². The molecule has 0 saturated carbocycles. The van der Waals surface area contributed by atoms with Crippen LogP contribution in [0.1, 0.15) is 10.4 Å². The van der Waals surface area contributed by atoms with Crippen LogP contribution in [0.3, 0.4) is 0 Å². The number of fused-ring (bicyclic) bond motifs is 1. The van der Waals surface area contributed by atoms with E-state index < -0.39 is 15.7 Å². The Labute approximate surface area is 184 Å². The highest BCUT2D eigenvalue weighted by Crippen LogP contribution is 2.31. The van der Waals surface area contributed by atoms with E-state index in [2.05, 4.69) is 9.88 Å². The highest BCUT2D eigenvalue weighted by molar-refractivity contribution is 7.90. The Morgan fingerprint density at radius 1 is 1.23 bits per heavy atom. The van der Waals surface area contributed by atoms with Crippen molar-refractivity contribution < 1.29 is 22.3 Å². The summed E-state index contributed by atoms with van der Waals surface area (Å²) < 4.78 is 44.2. The van der Waals surface area contributed by atoms with Crippen molar-refractivity contribution in [1.82, 2.24) is 9.88 Å². The van der Waals surface area contributed by atoms with E-state index in [-0.39, 0.29) is 16.3 Å². The lowest BCUT2D eigenvalue weighted by molar-refractivity contribution is 0.0391. The average Bonchev–Trinajstić information content (AvgIpc) is 3.16. The van der Waals surface area contributed by atoms with Crippen LogP contribution in [0.25, 0.3) is 10.2 Å². The van der Waals surface area contributed by atoms with Gasteiger partial charge in [-0.15, -0.1) is 0 Å². The van der Waals surface area contributed by atoms with Crippen LogP contribution in [-0.4, -0.2) is 69.9 Å². The number of ether oxygens (including phenoxy) is 1. The molecule has 3 aromatic rings. The molecule has 1 aliphatic heterocycles. The average molecular weight is 464 g/mol. The number of amides is 1. The maximum Gasteiger partial charge on any atom is 0.261 e. The maximum atomic E-state index is 13.7. The van der Waals surface area contributed by atoms with E-state index in [1.54, 1.807) is 18.2 Å². The van der Waals surface area contributed by atoms with Crippen molar-refractivity contribution in [1.29, 1.82) is 0 Å². The Morgan fingerprint density at radius 2 is 1.97 bits per heavy atom. The lowest BCUT2D eigenvalue weighted by atomic mass is 10.2. The molecule has 0 bridgehead atoms. The Balaban J connectivity index is 1.71. The zero-order valence-corrected chi connectivity index (χ0v) is 18.6. The molecular weight excluding hydrogens is 441 g/mol. The first-order chi connectivity index (χ1) is 14.8. The van der Waals surface area contributed by atoms with Crippen molar-refractivity contribution in [3.05, 3.63) is 53.8 Å². The number of carbonyl (C=O) groups is 1. The van der Waals surface area contributed by atoms with Crippen LogP contribution in [0.5, 0.6) is 0 Å². The highest BCUT2D eigenvalue weighted by Gasteiger charge is 2.27. The van der Waals surface area contributed by atoms with Crippen LogP contribution in [-0.2, 0) is 14.6 Å². The fraction of sp³-hybridized carbons (Fsp3) is 0.333. The summed E-state index contributed by atoms with van der Waals surface area (Å²) in [5, 5.41) is 0.405. The summed E-state index contributed by atoms with van der Waals surface area (Å²) in [7, 11) is -3.60. The predicted molar refractivity (Wildman–Crippen MR) is 118 cm³/mol. The topological polar surface area (TPSA) is 79.8 Å². The van der Waals surface area contributed by atoms with Gasteiger partial charge in [0.2, 0.25) is 0 Å². The van der Waals surface area contributed by atoms with Gasteiger partial charge in [0.25, 0.3) is 5.91 Å². The molecule has 0 spiro atoms. The summed E-state index contributed by atoms with van der Waals surface area (Å²) in [6.07, 6.45) is 1.08. The van der Waals surface area contributed by atoms with Gasteiger partial charge in [0.15, 0.2) is 15.0 Å². The van der Waals surface area contributed by atoms with Crippen LogP contribution in [0, 0.1) is 5.82 Å². The summed E-state index contributed by atoms with van der Waals surface area (Å²) in [6, 6.07) is 10.4. The molecule has 0 aliphatic carbocycles. The van der Waals surface area contributed by atoms with E-state index in [1.165, 1.54) is 40.5 Å². The second-order valence-electron chi connectivity index (χ2n) is 7.29. The molecule has 0 unspecified atom stereocenters. The first-order valence-electron chi connectivity index (χ1n) is 9.80. The number of anilines is 1. The SMILES string of the molecule is CS(=O)(=O)c1ccccc1C(=O)N(CCN1CCOCC1)c1nc2ccc(F)cc2s1. The number of carbonyl (C=O) groups excluding carboxylic acids is 1. The summed E-state index contributed by atoms with van der Waals surface area (Å²) in [5.74, 6) is -0.829. The van der Waals surface area contributed by atoms with Gasteiger partial charge in [-0.1, -0.05) is 23.5 Å². The number of hydrogen-bond donors (Lipinski definition) is 0. The minimum Gasteiger partial charge on any atom is -0.379 e. The Hall–Kier alpha value is -2.40. The molecule has 10 heteroatoms. The summed E-state index contributed by atoms with van der Waals surface area (Å²) in [6.45, 7) is 3.68. The third-order valence-electron chi connectivity index (χ3n) is 5.08. The van der Waals surface area contributed by atoms with Gasteiger partial charge in [-0.25, -0.2) is 17.8 Å². The number of morpholine rings is 1. The molecule has 0 radical (unpaired) electrons. The van der Waals surface area contributed by atoms with Crippen LogP contribution in [0.2, 0.25) is 0 Å². The Morgan fingerprint density at radius 3 is 2.71 bits per heavy atom. The molecule has 7 nitrogen and oxygen atoms in total. The number of nitrogens with zero attached hydrogens (tertiary/aromatic N) is 3. The smallest absolute Gasteiger partial charge is 0.261 e. The first-order valence-corrected chi connectivity index (χ1v) is 12.5. The molecule has 164 valence electrons. The number of sulfone groups is 1. The molecule has 1 aromatic heterocycles. The molecule has 1 fully saturated rings. The van der Waals surface area contributed by atoms with E-state index in [9.17, 15) is 17.6 Å². The number of thiazole rings is 1. The van der Waals surface area contributed by atoms with Crippen LogP contribution < -0.4 is 4.90 Å². The Bertz CT molecular complexity index is 1210. The van der Waals surface area contributed by atoms with E-state index in [0.29, 0.717) is 41.7 Å². The standard InChI is InChI=1S/C21H22FN3O4S2/c1-31(27,28)19-5-3-2-4-16(19)20(26)25(9-8-24-10-12-29-13-11-24)21-23-17-7-6-15(22)14-18(17)30-21/h2-7,14H,8-13H2,1H3. The molecule has 4 rings (SSSR count). The van der Waals surface area contributed by atoms with Crippen molar-refractivity contribution in [2.24, 2.45) is 0 Å². The molecular formula is C21H22FN3O4S2. The van der Waals surface area contributed by atoms with Crippen LogP contribution >= 0.6 is 11.3 Å². The summed E-state index contributed by atoms with van der Waals surface area (Å²) >= 11 is 1.20. The van der Waals surface area contributed by atoms with Crippen molar-refractivity contribution in [2.75, 3.05) is 50.5 Å². The molecule has 1 amide bonds. The largest absolute Gasteiger partial charge is 0.379 e. The summed E-state index contributed by atoms with van der Waals surface area (Å²) in [5.41, 5.74) is 0.680. The van der Waals surface area contributed by atoms with E-state index in [1.807, 2.05) is 0 Å². The maximum absolute atomic E-state index is 13.7. The molecule has 31 heavy (non-hydrogen) atoms. The normalized spacial score (nSPS) is 15.3. The molecule has 0 N–H and O–H groups in total. The molecule has 2 heterocycles. The van der Waals surface area contributed by atoms with Gasteiger partial charge in [0.05, 0.1) is 33.9 Å². The van der Waals surface area contributed by atoms with Gasteiger partial charge in [0.1, 0.15) is 5.82 Å². The number of hydrogen-bond acceptors (Lipinski definition) is 7. The molecule has 2 aromatic carbocycles. The highest BCUT2D eigenvalue weighted by atomic mass is 32.2. The van der Waals surface area contributed by atoms with Gasteiger partial charge in [0, 0.05) is 32.4 Å². The minimum absolute atomic E-state index is 0.0245. The monoisotopic (exact) mass is 463 g/mol. The fourth-order valence-corrected chi connectivity index (χ4v) is 5.36. The zero-order valence-electron chi connectivity index (χ0n) is 17.0. The van der Waals surface area contributed by atoms with Gasteiger partial charge in [-0.3, -0.25) is 14.6 Å². The fourth-order valence-electron chi connectivity index (χ4n) is 3.46. The third-order valence-corrected chi connectivity index (χ3v) is 7.27. The number of rotatable bonds is 6. The van der Waals surface area contributed by atoms with Gasteiger partial charge in [-0.05, 0) is 30.3 Å². The van der Waals surface area contributed by atoms with Gasteiger partial charge in [-0.2, -0.15) is 0 Å². The zero-order chi connectivity index (χ0) is 22.0. The lowest BCUT2D eigenvalue weighted by Gasteiger charge is -2.29. The lowest BCUT2D eigenvalue weighted by Crippen LogP contribution is -2.43. The van der Waals surface area contributed by atoms with E-state index >= 15 is 0 Å². The minimum atomic E-state index is -3.60. The van der Waals surface area contributed by atoms with Crippen molar-refractivity contribution in [3.63, 3.8) is 0 Å². The number of halogens is 1. The third kappa shape index (κ3) is 4.93. The molecule has 1 aliphatic rings. The number of aromatic nitrogens is 1.